The van der Waals surface area contributed by atoms with Gasteiger partial charge in [0, 0.05) is 6.54 Å². The fourth-order valence-corrected chi connectivity index (χ4v) is 1.76. The highest BCUT2D eigenvalue weighted by Crippen LogP contribution is 2.18. The number of carbonyl (C=O) groups is 1. The molecule has 4 heteroatoms. The molecule has 0 saturated heterocycles. The first-order chi connectivity index (χ1) is 7.20. The SMILES string of the molecule is N#Cc1ccc2c(c1)CC(C(=O)O)NC2. The largest absolute Gasteiger partial charge is 0.480 e. The predicted molar refractivity (Wildman–Crippen MR) is 53.1 cm³/mol. The maximum atomic E-state index is 10.8. The minimum absolute atomic E-state index is 0.445. The Kier molecular flexibility index (Phi) is 2.40. The van der Waals surface area contributed by atoms with Gasteiger partial charge in [-0.2, -0.15) is 5.26 Å². The molecule has 0 radical (unpaired) electrons. The lowest BCUT2D eigenvalue weighted by molar-refractivity contribution is -0.139. The van der Waals surface area contributed by atoms with Gasteiger partial charge in [0.25, 0.3) is 0 Å². The number of rotatable bonds is 1. The molecule has 1 atom stereocenters. The molecule has 0 fully saturated rings. The lowest BCUT2D eigenvalue weighted by Crippen LogP contribution is -2.41. The van der Waals surface area contributed by atoms with E-state index >= 15 is 0 Å². The van der Waals surface area contributed by atoms with E-state index in [4.69, 9.17) is 10.4 Å². The van der Waals surface area contributed by atoms with Gasteiger partial charge in [-0.3, -0.25) is 4.79 Å². The van der Waals surface area contributed by atoms with Crippen molar-refractivity contribution in [2.24, 2.45) is 0 Å². The Morgan fingerprint density at radius 1 is 1.53 bits per heavy atom. The molecule has 0 aliphatic carbocycles. The number of carboxylic acid groups (broad SMARTS) is 1. The first-order valence-corrected chi connectivity index (χ1v) is 4.69. The zero-order valence-corrected chi connectivity index (χ0v) is 8.03. The maximum Gasteiger partial charge on any atom is 0.321 e. The number of nitriles is 1. The van der Waals surface area contributed by atoms with Crippen molar-refractivity contribution in [3.05, 3.63) is 34.9 Å². The molecule has 1 aromatic carbocycles. The molecule has 0 amide bonds. The van der Waals surface area contributed by atoms with Crippen molar-refractivity contribution in [3.8, 4) is 6.07 Å². The quantitative estimate of drug-likeness (QED) is 0.701. The Morgan fingerprint density at radius 2 is 2.33 bits per heavy atom. The lowest BCUT2D eigenvalue weighted by atomic mass is 9.94. The van der Waals surface area contributed by atoms with Crippen molar-refractivity contribution in [1.82, 2.24) is 5.32 Å². The van der Waals surface area contributed by atoms with E-state index < -0.39 is 12.0 Å². The summed E-state index contributed by atoms with van der Waals surface area (Å²) in [6, 6.07) is 6.91. The third kappa shape index (κ3) is 1.83. The zero-order chi connectivity index (χ0) is 10.8. The van der Waals surface area contributed by atoms with Gasteiger partial charge in [0.05, 0.1) is 11.6 Å². The van der Waals surface area contributed by atoms with Crippen LogP contribution in [0.25, 0.3) is 0 Å². The van der Waals surface area contributed by atoms with Crippen molar-refractivity contribution < 1.29 is 9.90 Å². The first-order valence-electron chi connectivity index (χ1n) is 4.69. The second-order valence-electron chi connectivity index (χ2n) is 3.57. The van der Waals surface area contributed by atoms with E-state index in [-0.39, 0.29) is 0 Å². The van der Waals surface area contributed by atoms with Crippen LogP contribution in [0.15, 0.2) is 18.2 Å². The summed E-state index contributed by atoms with van der Waals surface area (Å²) < 4.78 is 0. The number of nitrogens with zero attached hydrogens (tertiary/aromatic N) is 1. The van der Waals surface area contributed by atoms with Gasteiger partial charge in [-0.1, -0.05) is 6.07 Å². The van der Waals surface area contributed by atoms with Gasteiger partial charge < -0.3 is 10.4 Å². The van der Waals surface area contributed by atoms with Crippen molar-refractivity contribution >= 4 is 5.97 Å². The van der Waals surface area contributed by atoms with E-state index in [1.165, 1.54) is 0 Å². The highest BCUT2D eigenvalue weighted by molar-refractivity contribution is 5.74. The molecule has 2 N–H and O–H groups in total. The predicted octanol–water partition coefficient (Wildman–Crippen LogP) is 0.657. The van der Waals surface area contributed by atoms with E-state index in [1.54, 1.807) is 12.1 Å². The molecular formula is C11H10N2O2. The van der Waals surface area contributed by atoms with Gasteiger partial charge >= 0.3 is 5.97 Å². The summed E-state index contributed by atoms with van der Waals surface area (Å²) in [4.78, 5) is 10.8. The summed E-state index contributed by atoms with van der Waals surface area (Å²) in [5.41, 5.74) is 2.62. The Hall–Kier alpha value is -1.86. The monoisotopic (exact) mass is 202 g/mol. The van der Waals surface area contributed by atoms with Crippen molar-refractivity contribution in [1.29, 1.82) is 5.26 Å². The molecule has 2 rings (SSSR count). The maximum absolute atomic E-state index is 10.8. The fraction of sp³-hybridized carbons (Fsp3) is 0.273. The smallest absolute Gasteiger partial charge is 0.321 e. The Balaban J connectivity index is 2.32. The average Bonchev–Trinajstić information content (AvgIpc) is 2.27. The number of hydrogen-bond donors (Lipinski definition) is 2. The Morgan fingerprint density at radius 3 is 3.00 bits per heavy atom. The van der Waals surface area contributed by atoms with Gasteiger partial charge in [0.2, 0.25) is 0 Å². The summed E-state index contributed by atoms with van der Waals surface area (Å²) in [6.45, 7) is 0.554. The van der Waals surface area contributed by atoms with Crippen LogP contribution in [-0.4, -0.2) is 17.1 Å². The third-order valence-electron chi connectivity index (χ3n) is 2.60. The second kappa shape index (κ2) is 3.71. The fourth-order valence-electron chi connectivity index (χ4n) is 1.76. The van der Waals surface area contributed by atoms with Crippen LogP contribution in [0.5, 0.6) is 0 Å². The Labute approximate surface area is 87.1 Å². The second-order valence-corrected chi connectivity index (χ2v) is 3.57. The van der Waals surface area contributed by atoms with Crippen LogP contribution in [0.3, 0.4) is 0 Å². The standard InChI is InChI=1S/C11H10N2O2/c12-5-7-1-2-8-6-13-10(11(14)15)4-9(8)3-7/h1-3,10,13H,4,6H2,(H,14,15). The van der Waals surface area contributed by atoms with E-state index in [9.17, 15) is 4.79 Å². The summed E-state index contributed by atoms with van der Waals surface area (Å²) >= 11 is 0. The molecule has 76 valence electrons. The van der Waals surface area contributed by atoms with Gasteiger partial charge in [-0.25, -0.2) is 0 Å². The molecule has 0 bridgehead atoms. The summed E-state index contributed by atoms with van der Waals surface area (Å²) in [5, 5.41) is 20.5. The molecule has 1 aliphatic rings. The van der Waals surface area contributed by atoms with Gasteiger partial charge in [-0.15, -0.1) is 0 Å². The molecule has 1 unspecified atom stereocenters. The highest BCUT2D eigenvalue weighted by atomic mass is 16.4. The molecule has 15 heavy (non-hydrogen) atoms. The van der Waals surface area contributed by atoms with Crippen LogP contribution >= 0.6 is 0 Å². The van der Waals surface area contributed by atoms with E-state index in [0.29, 0.717) is 18.5 Å². The average molecular weight is 202 g/mol. The van der Waals surface area contributed by atoms with Crippen LogP contribution in [-0.2, 0) is 17.8 Å². The lowest BCUT2D eigenvalue weighted by Gasteiger charge is -2.23. The van der Waals surface area contributed by atoms with E-state index in [0.717, 1.165) is 11.1 Å². The molecule has 1 heterocycles. The number of benzene rings is 1. The minimum Gasteiger partial charge on any atom is -0.480 e. The molecule has 0 spiro atoms. The van der Waals surface area contributed by atoms with Crippen LogP contribution in [0, 0.1) is 11.3 Å². The van der Waals surface area contributed by atoms with Gasteiger partial charge in [0.1, 0.15) is 6.04 Å². The summed E-state index contributed by atoms with van der Waals surface area (Å²) in [5.74, 6) is -0.844. The number of aliphatic carboxylic acids is 1. The van der Waals surface area contributed by atoms with Gasteiger partial charge in [0.15, 0.2) is 0 Å². The number of fused-ring (bicyclic) bond motifs is 1. The van der Waals surface area contributed by atoms with E-state index in [2.05, 4.69) is 11.4 Å². The van der Waals surface area contributed by atoms with Gasteiger partial charge in [-0.05, 0) is 29.7 Å². The third-order valence-corrected chi connectivity index (χ3v) is 2.60. The van der Waals surface area contributed by atoms with E-state index in [1.807, 2.05) is 6.07 Å². The first kappa shape index (κ1) is 9.69. The van der Waals surface area contributed by atoms with Crippen LogP contribution in [0.1, 0.15) is 16.7 Å². The summed E-state index contributed by atoms with van der Waals surface area (Å²) in [7, 11) is 0. The molecule has 4 nitrogen and oxygen atoms in total. The van der Waals surface area contributed by atoms with Crippen molar-refractivity contribution in [2.45, 2.75) is 19.0 Å². The normalized spacial score (nSPS) is 19.0. The molecule has 1 aromatic rings. The highest BCUT2D eigenvalue weighted by Gasteiger charge is 2.23. The molecule has 0 aromatic heterocycles. The van der Waals surface area contributed by atoms with Crippen LogP contribution in [0.2, 0.25) is 0 Å². The van der Waals surface area contributed by atoms with Crippen LogP contribution in [0.4, 0.5) is 0 Å². The molecule has 1 aliphatic heterocycles. The Bertz CT molecular complexity index is 448. The number of nitrogens with one attached hydrogen (secondary N) is 1. The number of hydrogen-bond acceptors (Lipinski definition) is 3. The summed E-state index contributed by atoms with van der Waals surface area (Å²) in [6.07, 6.45) is 0.445. The van der Waals surface area contributed by atoms with Crippen LogP contribution < -0.4 is 5.32 Å². The van der Waals surface area contributed by atoms with Crippen molar-refractivity contribution in [2.75, 3.05) is 0 Å². The minimum atomic E-state index is -0.844. The number of carboxylic acids is 1. The molecule has 0 saturated carbocycles. The van der Waals surface area contributed by atoms with Crippen molar-refractivity contribution in [3.63, 3.8) is 0 Å². The zero-order valence-electron chi connectivity index (χ0n) is 8.03. The molecular weight excluding hydrogens is 192 g/mol. The topological polar surface area (TPSA) is 73.1 Å².